The molecule has 1 saturated heterocycles. The second-order valence-electron chi connectivity index (χ2n) is 4.38. The van der Waals surface area contributed by atoms with Crippen LogP contribution in [0, 0.1) is 0 Å². The van der Waals surface area contributed by atoms with E-state index >= 15 is 0 Å². The van der Waals surface area contributed by atoms with E-state index in [-0.39, 0.29) is 12.1 Å². The van der Waals surface area contributed by atoms with Gasteiger partial charge in [-0.3, -0.25) is 0 Å². The molecule has 2 amide bonds. The normalized spacial score (nSPS) is 18.7. The fourth-order valence-electron chi connectivity index (χ4n) is 1.89. The predicted molar refractivity (Wildman–Crippen MR) is 76.0 cm³/mol. The van der Waals surface area contributed by atoms with Crippen molar-refractivity contribution in [2.75, 3.05) is 13.2 Å². The molecule has 0 bridgehead atoms. The Morgan fingerprint density at radius 1 is 1.53 bits per heavy atom. The number of carbonyl (C=O) groups is 1. The van der Waals surface area contributed by atoms with Crippen molar-refractivity contribution >= 4 is 23.7 Å². The molecule has 1 heterocycles. The molecule has 1 aromatic rings. The summed E-state index contributed by atoms with van der Waals surface area (Å²) in [6.45, 7) is 1.35. The maximum atomic E-state index is 11.5. The van der Waals surface area contributed by atoms with Crippen LogP contribution in [0.3, 0.4) is 0 Å². The van der Waals surface area contributed by atoms with E-state index in [0.717, 1.165) is 25.0 Å². The molecular weight excluding hydrogens is 264 g/mol. The maximum Gasteiger partial charge on any atom is 0.318 e. The van der Waals surface area contributed by atoms with E-state index in [9.17, 15) is 4.79 Å². The van der Waals surface area contributed by atoms with E-state index in [1.807, 2.05) is 18.2 Å². The molecule has 0 radical (unpaired) electrons. The Labute approximate surface area is 117 Å². The van der Waals surface area contributed by atoms with E-state index < -0.39 is 0 Å². The van der Waals surface area contributed by atoms with Gasteiger partial charge in [-0.05, 0) is 36.6 Å². The molecule has 1 aliphatic rings. The van der Waals surface area contributed by atoms with E-state index in [4.69, 9.17) is 16.3 Å². The van der Waals surface area contributed by atoms with Gasteiger partial charge in [-0.1, -0.05) is 23.7 Å². The van der Waals surface area contributed by atoms with Crippen molar-refractivity contribution in [1.29, 1.82) is 0 Å². The minimum absolute atomic E-state index is 0.155. The number of amides is 2. The molecule has 1 fully saturated rings. The van der Waals surface area contributed by atoms with Crippen LogP contribution in [0.25, 0.3) is 6.08 Å². The first-order valence-electron chi connectivity index (χ1n) is 6.32. The Bertz CT molecular complexity index is 457. The van der Waals surface area contributed by atoms with Crippen LogP contribution in [0.2, 0.25) is 5.02 Å². The fraction of sp³-hybridized carbons (Fsp3) is 0.357. The molecule has 1 atom stereocenters. The van der Waals surface area contributed by atoms with Gasteiger partial charge in [0.05, 0.1) is 6.10 Å². The molecule has 4 nitrogen and oxygen atoms in total. The molecule has 2 N–H and O–H groups in total. The molecule has 2 rings (SSSR count). The number of urea groups is 1. The number of nitrogens with one attached hydrogen (secondary N) is 2. The lowest BCUT2D eigenvalue weighted by Gasteiger charge is -2.10. The van der Waals surface area contributed by atoms with Crippen molar-refractivity contribution in [2.24, 2.45) is 0 Å². The molecule has 0 aliphatic carbocycles. The second-order valence-corrected chi connectivity index (χ2v) is 4.81. The monoisotopic (exact) mass is 280 g/mol. The van der Waals surface area contributed by atoms with Crippen LogP contribution in [0.5, 0.6) is 0 Å². The SMILES string of the molecule is O=C(N/C=C/c1cccc(Cl)c1)NCC1CCCO1. The molecule has 0 saturated carbocycles. The van der Waals surface area contributed by atoms with E-state index in [0.29, 0.717) is 11.6 Å². The summed E-state index contributed by atoms with van der Waals surface area (Å²) in [6, 6.07) is 7.17. The van der Waals surface area contributed by atoms with Crippen molar-refractivity contribution < 1.29 is 9.53 Å². The highest BCUT2D eigenvalue weighted by Gasteiger charge is 2.15. The van der Waals surface area contributed by atoms with Gasteiger partial charge in [0.1, 0.15) is 0 Å². The van der Waals surface area contributed by atoms with E-state index in [2.05, 4.69) is 10.6 Å². The van der Waals surface area contributed by atoms with Gasteiger partial charge in [0.15, 0.2) is 0 Å². The van der Waals surface area contributed by atoms with E-state index in [1.54, 1.807) is 18.3 Å². The lowest BCUT2D eigenvalue weighted by molar-refractivity contribution is 0.111. The average Bonchev–Trinajstić information content (AvgIpc) is 2.89. The van der Waals surface area contributed by atoms with Gasteiger partial charge < -0.3 is 15.4 Å². The van der Waals surface area contributed by atoms with Gasteiger partial charge >= 0.3 is 6.03 Å². The summed E-state index contributed by atoms with van der Waals surface area (Å²) in [5.41, 5.74) is 0.937. The molecule has 0 spiro atoms. The summed E-state index contributed by atoms with van der Waals surface area (Å²) >= 11 is 5.86. The first kappa shape index (κ1) is 13.9. The Hall–Kier alpha value is -1.52. The van der Waals surface area contributed by atoms with Gasteiger partial charge in [0.2, 0.25) is 0 Å². The van der Waals surface area contributed by atoms with Crippen LogP contribution in [0.1, 0.15) is 18.4 Å². The predicted octanol–water partition coefficient (Wildman–Crippen LogP) is 2.79. The second kappa shape index (κ2) is 7.16. The van der Waals surface area contributed by atoms with Crippen LogP contribution >= 0.6 is 11.6 Å². The summed E-state index contributed by atoms with van der Waals surface area (Å²) in [4.78, 5) is 11.5. The smallest absolute Gasteiger partial charge is 0.318 e. The molecule has 1 aliphatic heterocycles. The van der Waals surface area contributed by atoms with Crippen LogP contribution in [-0.2, 0) is 4.74 Å². The molecule has 1 aromatic carbocycles. The van der Waals surface area contributed by atoms with Gasteiger partial charge in [0, 0.05) is 24.4 Å². The zero-order valence-electron chi connectivity index (χ0n) is 10.6. The molecule has 19 heavy (non-hydrogen) atoms. The molecular formula is C14H17ClN2O2. The summed E-state index contributed by atoms with van der Waals surface area (Å²) in [5.74, 6) is 0. The zero-order chi connectivity index (χ0) is 13.5. The number of ether oxygens (including phenoxy) is 1. The molecule has 0 aromatic heterocycles. The lowest BCUT2D eigenvalue weighted by Crippen LogP contribution is -2.37. The van der Waals surface area contributed by atoms with E-state index in [1.165, 1.54) is 0 Å². The summed E-state index contributed by atoms with van der Waals surface area (Å²) in [5, 5.41) is 6.09. The summed E-state index contributed by atoms with van der Waals surface area (Å²) < 4.78 is 5.42. The standard InChI is InChI=1S/C14H17ClN2O2/c15-12-4-1-3-11(9-12)6-7-16-14(18)17-10-13-5-2-8-19-13/h1,3-4,6-7,9,13H,2,5,8,10H2,(H2,16,17,18)/b7-6+. The lowest BCUT2D eigenvalue weighted by atomic mass is 10.2. The molecule has 1 unspecified atom stereocenters. The minimum Gasteiger partial charge on any atom is -0.376 e. The van der Waals surface area contributed by atoms with Crippen LogP contribution in [-0.4, -0.2) is 25.3 Å². The van der Waals surface area contributed by atoms with Crippen LogP contribution in [0.15, 0.2) is 30.5 Å². The Morgan fingerprint density at radius 3 is 3.16 bits per heavy atom. The molecule has 102 valence electrons. The van der Waals surface area contributed by atoms with Crippen LogP contribution in [0.4, 0.5) is 4.79 Å². The van der Waals surface area contributed by atoms with Crippen LogP contribution < -0.4 is 10.6 Å². The number of hydrogen-bond acceptors (Lipinski definition) is 2. The van der Waals surface area contributed by atoms with Crippen molar-refractivity contribution in [3.63, 3.8) is 0 Å². The summed E-state index contributed by atoms with van der Waals surface area (Å²) in [6.07, 6.45) is 5.62. The first-order valence-corrected chi connectivity index (χ1v) is 6.70. The third-order valence-corrected chi connectivity index (χ3v) is 3.09. The third kappa shape index (κ3) is 4.93. The van der Waals surface area contributed by atoms with Crippen molar-refractivity contribution in [3.05, 3.63) is 41.1 Å². The maximum absolute atomic E-state index is 11.5. The minimum atomic E-state index is -0.228. The highest BCUT2D eigenvalue weighted by molar-refractivity contribution is 6.30. The number of hydrogen-bond donors (Lipinski definition) is 2. The summed E-state index contributed by atoms with van der Waals surface area (Å²) in [7, 11) is 0. The Balaban J connectivity index is 1.70. The topological polar surface area (TPSA) is 50.4 Å². The Kier molecular flexibility index (Phi) is 5.24. The quantitative estimate of drug-likeness (QED) is 0.891. The van der Waals surface area contributed by atoms with Gasteiger partial charge in [0.25, 0.3) is 0 Å². The largest absolute Gasteiger partial charge is 0.376 e. The third-order valence-electron chi connectivity index (χ3n) is 2.85. The highest BCUT2D eigenvalue weighted by Crippen LogP contribution is 2.11. The van der Waals surface area contributed by atoms with Gasteiger partial charge in [-0.15, -0.1) is 0 Å². The van der Waals surface area contributed by atoms with Crippen molar-refractivity contribution in [2.45, 2.75) is 18.9 Å². The zero-order valence-corrected chi connectivity index (χ0v) is 11.3. The first-order chi connectivity index (χ1) is 9.24. The average molecular weight is 281 g/mol. The van der Waals surface area contributed by atoms with Gasteiger partial charge in [-0.2, -0.15) is 0 Å². The van der Waals surface area contributed by atoms with Crippen molar-refractivity contribution in [3.8, 4) is 0 Å². The fourth-order valence-corrected chi connectivity index (χ4v) is 2.09. The van der Waals surface area contributed by atoms with Crippen molar-refractivity contribution in [1.82, 2.24) is 10.6 Å². The molecule has 5 heteroatoms. The highest BCUT2D eigenvalue weighted by atomic mass is 35.5. The van der Waals surface area contributed by atoms with Gasteiger partial charge in [-0.25, -0.2) is 4.79 Å². The number of benzene rings is 1. The number of rotatable bonds is 4. The Morgan fingerprint density at radius 2 is 2.42 bits per heavy atom. The number of halogens is 1. The number of carbonyl (C=O) groups excluding carboxylic acids is 1.